The normalized spacial score (nSPS) is 10.4. The van der Waals surface area contributed by atoms with E-state index in [1.165, 1.54) is 25.3 Å². The molecule has 24 heavy (non-hydrogen) atoms. The maximum atomic E-state index is 12.5. The van der Waals surface area contributed by atoms with Gasteiger partial charge in [0.2, 0.25) is 0 Å². The van der Waals surface area contributed by atoms with Crippen LogP contribution in [0.4, 0.5) is 5.69 Å². The lowest BCUT2D eigenvalue weighted by atomic mass is 10.1. The number of esters is 1. The molecule has 2 N–H and O–H groups in total. The van der Waals surface area contributed by atoms with Gasteiger partial charge in [-0.05, 0) is 41.1 Å². The van der Waals surface area contributed by atoms with Crippen LogP contribution in [-0.4, -0.2) is 24.1 Å². The van der Waals surface area contributed by atoms with Gasteiger partial charge in [-0.2, -0.15) is 0 Å². The van der Waals surface area contributed by atoms with E-state index in [2.05, 4.69) is 10.1 Å². The number of carbonyl (C=O) groups is 2. The van der Waals surface area contributed by atoms with Gasteiger partial charge in [0.1, 0.15) is 5.75 Å². The minimum Gasteiger partial charge on any atom is -0.508 e. The van der Waals surface area contributed by atoms with Gasteiger partial charge in [-0.15, -0.1) is 0 Å². The summed E-state index contributed by atoms with van der Waals surface area (Å²) in [4.78, 5) is 24.3. The van der Waals surface area contributed by atoms with Crippen molar-refractivity contribution in [3.8, 4) is 5.75 Å². The molecule has 0 saturated heterocycles. The molecule has 1 amide bonds. The molecule has 0 spiro atoms. The molecular formula is C19H15NO4. The Bertz CT molecular complexity index is 934. The number of phenolic OH excluding ortho intramolecular Hbond substituents is 1. The van der Waals surface area contributed by atoms with Crippen LogP contribution in [0.3, 0.4) is 0 Å². The van der Waals surface area contributed by atoms with Crippen molar-refractivity contribution in [2.75, 3.05) is 12.4 Å². The molecule has 0 saturated carbocycles. The van der Waals surface area contributed by atoms with E-state index in [0.717, 1.165) is 10.8 Å². The number of ether oxygens (including phenoxy) is 1. The number of nitrogens with one attached hydrogen (secondary N) is 1. The van der Waals surface area contributed by atoms with E-state index in [1.807, 2.05) is 30.3 Å². The van der Waals surface area contributed by atoms with E-state index < -0.39 is 5.97 Å². The first kappa shape index (κ1) is 15.6. The highest BCUT2D eigenvalue weighted by molar-refractivity contribution is 6.09. The molecule has 0 aliphatic rings. The van der Waals surface area contributed by atoms with E-state index in [4.69, 9.17) is 0 Å². The van der Waals surface area contributed by atoms with E-state index in [1.54, 1.807) is 12.1 Å². The number of benzene rings is 3. The van der Waals surface area contributed by atoms with Crippen molar-refractivity contribution in [2.45, 2.75) is 0 Å². The molecule has 5 heteroatoms. The zero-order chi connectivity index (χ0) is 17.1. The van der Waals surface area contributed by atoms with Crippen LogP contribution in [0.1, 0.15) is 20.7 Å². The summed E-state index contributed by atoms with van der Waals surface area (Å²) < 4.78 is 4.68. The number of anilines is 1. The third-order valence-electron chi connectivity index (χ3n) is 3.67. The van der Waals surface area contributed by atoms with Gasteiger partial charge in [0.15, 0.2) is 0 Å². The predicted molar refractivity (Wildman–Crippen MR) is 91.3 cm³/mol. The van der Waals surface area contributed by atoms with Crippen molar-refractivity contribution in [1.29, 1.82) is 0 Å². The van der Waals surface area contributed by atoms with Crippen LogP contribution in [0.25, 0.3) is 10.8 Å². The van der Waals surface area contributed by atoms with Crippen LogP contribution in [0.15, 0.2) is 60.7 Å². The van der Waals surface area contributed by atoms with E-state index in [9.17, 15) is 14.7 Å². The molecule has 0 atom stereocenters. The summed E-state index contributed by atoms with van der Waals surface area (Å²) in [6, 6.07) is 17.2. The molecule has 0 aliphatic carbocycles. The van der Waals surface area contributed by atoms with Crippen molar-refractivity contribution in [1.82, 2.24) is 0 Å². The number of methoxy groups -OCH3 is 1. The van der Waals surface area contributed by atoms with Crippen LogP contribution >= 0.6 is 0 Å². The van der Waals surface area contributed by atoms with Gasteiger partial charge in [-0.3, -0.25) is 4.79 Å². The van der Waals surface area contributed by atoms with Gasteiger partial charge in [0.25, 0.3) is 5.91 Å². The maximum Gasteiger partial charge on any atom is 0.340 e. The Morgan fingerprint density at radius 2 is 1.71 bits per heavy atom. The lowest BCUT2D eigenvalue weighted by molar-refractivity contribution is 0.0601. The van der Waals surface area contributed by atoms with Crippen molar-refractivity contribution < 1.29 is 19.4 Å². The monoisotopic (exact) mass is 321 g/mol. The van der Waals surface area contributed by atoms with Crippen LogP contribution in [0.5, 0.6) is 5.75 Å². The number of amides is 1. The Morgan fingerprint density at radius 3 is 2.46 bits per heavy atom. The Kier molecular flexibility index (Phi) is 4.16. The zero-order valence-electron chi connectivity index (χ0n) is 12.9. The lowest BCUT2D eigenvalue weighted by Crippen LogP contribution is -2.15. The first-order valence-electron chi connectivity index (χ1n) is 7.30. The quantitative estimate of drug-likeness (QED) is 0.571. The maximum absolute atomic E-state index is 12.5. The average molecular weight is 321 g/mol. The fourth-order valence-corrected chi connectivity index (χ4v) is 2.45. The van der Waals surface area contributed by atoms with Gasteiger partial charge in [-0.25, -0.2) is 4.79 Å². The average Bonchev–Trinajstić information content (AvgIpc) is 2.62. The summed E-state index contributed by atoms with van der Waals surface area (Å²) in [5, 5.41) is 14.2. The highest BCUT2D eigenvalue weighted by Crippen LogP contribution is 2.23. The molecule has 0 radical (unpaired) electrons. The van der Waals surface area contributed by atoms with Gasteiger partial charge in [0.05, 0.1) is 18.4 Å². The van der Waals surface area contributed by atoms with Crippen LogP contribution in [0, 0.1) is 0 Å². The van der Waals surface area contributed by atoms with Gasteiger partial charge in [-0.1, -0.05) is 30.3 Å². The Labute approximate surface area is 138 Å². The summed E-state index contributed by atoms with van der Waals surface area (Å²) in [5.41, 5.74) is 0.835. The summed E-state index contributed by atoms with van der Waals surface area (Å²) in [5.74, 6) is -1.07. The Balaban J connectivity index is 1.92. The minimum atomic E-state index is -0.639. The number of hydrogen-bond acceptors (Lipinski definition) is 4. The fourth-order valence-electron chi connectivity index (χ4n) is 2.45. The van der Waals surface area contributed by atoms with E-state index in [-0.39, 0.29) is 22.9 Å². The van der Waals surface area contributed by atoms with Crippen molar-refractivity contribution in [3.63, 3.8) is 0 Å². The molecule has 0 bridgehead atoms. The third kappa shape index (κ3) is 3.05. The number of aromatic hydroxyl groups is 1. The van der Waals surface area contributed by atoms with Crippen molar-refractivity contribution in [3.05, 3.63) is 71.8 Å². The molecule has 0 heterocycles. The first-order chi connectivity index (χ1) is 11.6. The SMILES string of the molecule is COC(=O)c1cc(O)ccc1NC(=O)c1ccc2ccccc2c1. The first-order valence-corrected chi connectivity index (χ1v) is 7.30. The predicted octanol–water partition coefficient (Wildman–Crippen LogP) is 3.58. The number of hydrogen-bond donors (Lipinski definition) is 2. The highest BCUT2D eigenvalue weighted by atomic mass is 16.5. The summed E-state index contributed by atoms with van der Waals surface area (Å²) in [7, 11) is 1.24. The van der Waals surface area contributed by atoms with Crippen molar-refractivity contribution in [2.24, 2.45) is 0 Å². The lowest BCUT2D eigenvalue weighted by Gasteiger charge is -2.10. The van der Waals surface area contributed by atoms with Gasteiger partial charge < -0.3 is 15.2 Å². The standard InChI is InChI=1S/C19H15NO4/c1-24-19(23)16-11-15(21)8-9-17(16)20-18(22)14-7-6-12-4-2-3-5-13(12)10-14/h2-11,21H,1H3,(H,20,22). The van der Waals surface area contributed by atoms with Gasteiger partial charge in [0, 0.05) is 5.56 Å². The molecule has 120 valence electrons. The topological polar surface area (TPSA) is 75.6 Å². The summed E-state index contributed by atoms with van der Waals surface area (Å²) in [6.45, 7) is 0. The largest absolute Gasteiger partial charge is 0.508 e. The molecule has 0 unspecified atom stereocenters. The second kappa shape index (κ2) is 6.42. The molecular weight excluding hydrogens is 306 g/mol. The Morgan fingerprint density at radius 1 is 0.958 bits per heavy atom. The second-order valence-corrected chi connectivity index (χ2v) is 5.24. The van der Waals surface area contributed by atoms with E-state index >= 15 is 0 Å². The van der Waals surface area contributed by atoms with Crippen LogP contribution in [-0.2, 0) is 4.74 Å². The molecule has 0 fully saturated rings. The molecule has 3 rings (SSSR count). The zero-order valence-corrected chi connectivity index (χ0v) is 12.9. The fraction of sp³-hybridized carbons (Fsp3) is 0.0526. The van der Waals surface area contributed by atoms with Gasteiger partial charge >= 0.3 is 5.97 Å². The molecule has 3 aromatic carbocycles. The number of rotatable bonds is 3. The minimum absolute atomic E-state index is 0.0842. The Hall–Kier alpha value is -3.34. The second-order valence-electron chi connectivity index (χ2n) is 5.24. The summed E-state index contributed by atoms with van der Waals surface area (Å²) >= 11 is 0. The third-order valence-corrected chi connectivity index (χ3v) is 3.67. The van der Waals surface area contributed by atoms with Crippen molar-refractivity contribution >= 4 is 28.3 Å². The van der Waals surface area contributed by atoms with Crippen LogP contribution < -0.4 is 5.32 Å². The number of fused-ring (bicyclic) bond motifs is 1. The number of carbonyl (C=O) groups excluding carboxylic acids is 2. The highest BCUT2D eigenvalue weighted by Gasteiger charge is 2.16. The molecule has 5 nitrogen and oxygen atoms in total. The summed E-state index contributed by atoms with van der Waals surface area (Å²) in [6.07, 6.45) is 0. The molecule has 3 aromatic rings. The smallest absolute Gasteiger partial charge is 0.340 e. The van der Waals surface area contributed by atoms with E-state index in [0.29, 0.717) is 5.56 Å². The number of phenols is 1. The molecule has 0 aliphatic heterocycles. The van der Waals surface area contributed by atoms with Crippen LogP contribution in [0.2, 0.25) is 0 Å². The molecule has 0 aromatic heterocycles.